The summed E-state index contributed by atoms with van der Waals surface area (Å²) >= 11 is 6.45. The van der Waals surface area contributed by atoms with Gasteiger partial charge in [0.05, 0.1) is 11.1 Å². The molecule has 1 aromatic heterocycles. The number of nitrogens with one attached hydrogen (secondary N) is 1. The van der Waals surface area contributed by atoms with Crippen LogP contribution in [0.25, 0.3) is 10.8 Å². The number of rotatable bonds is 5. The van der Waals surface area contributed by atoms with Crippen molar-refractivity contribution in [2.24, 2.45) is 5.73 Å². The van der Waals surface area contributed by atoms with Gasteiger partial charge in [-0.2, -0.15) is 0 Å². The summed E-state index contributed by atoms with van der Waals surface area (Å²) in [4.78, 5) is 14.7. The third-order valence-corrected chi connectivity index (χ3v) is 7.27. The highest BCUT2D eigenvalue weighted by Crippen LogP contribution is 2.51. The molecule has 0 radical (unpaired) electrons. The van der Waals surface area contributed by atoms with Crippen LogP contribution >= 0.6 is 11.6 Å². The largest absolute Gasteiger partial charge is 0.489 e. The van der Waals surface area contributed by atoms with Crippen LogP contribution in [0.2, 0.25) is 5.02 Å². The number of halogens is 1. The highest BCUT2D eigenvalue weighted by molar-refractivity contribution is 6.32. The van der Waals surface area contributed by atoms with Gasteiger partial charge in [0.2, 0.25) is 0 Å². The zero-order chi connectivity index (χ0) is 20.8. The zero-order valence-electron chi connectivity index (χ0n) is 17.0. The van der Waals surface area contributed by atoms with Gasteiger partial charge in [0.15, 0.2) is 0 Å². The number of fused-ring (bicyclic) bond motifs is 1. The summed E-state index contributed by atoms with van der Waals surface area (Å²) in [7, 11) is 0. The number of H-pyrrole nitrogens is 1. The molecule has 0 bridgehead atoms. The first-order valence-electron chi connectivity index (χ1n) is 10.8. The summed E-state index contributed by atoms with van der Waals surface area (Å²) in [6, 6.07) is 16.3. The van der Waals surface area contributed by atoms with Gasteiger partial charge in [-0.05, 0) is 79.5 Å². The Morgan fingerprint density at radius 3 is 2.50 bits per heavy atom. The van der Waals surface area contributed by atoms with E-state index in [9.17, 15) is 4.79 Å². The van der Waals surface area contributed by atoms with Crippen molar-refractivity contribution in [1.29, 1.82) is 0 Å². The lowest BCUT2D eigenvalue weighted by molar-refractivity contribution is 0.108. The Labute approximate surface area is 181 Å². The van der Waals surface area contributed by atoms with Gasteiger partial charge in [-0.1, -0.05) is 41.9 Å². The first kappa shape index (κ1) is 19.7. The van der Waals surface area contributed by atoms with Gasteiger partial charge in [0, 0.05) is 17.1 Å². The molecule has 5 heteroatoms. The summed E-state index contributed by atoms with van der Waals surface area (Å²) in [5.74, 6) is 0.657. The van der Waals surface area contributed by atoms with E-state index in [1.54, 1.807) is 12.3 Å². The molecule has 2 fully saturated rings. The van der Waals surface area contributed by atoms with E-state index in [-0.39, 0.29) is 22.6 Å². The Kier molecular flexibility index (Phi) is 4.87. The quantitative estimate of drug-likeness (QED) is 0.584. The number of ether oxygens (including phenoxy) is 1. The fourth-order valence-electron chi connectivity index (χ4n) is 5.09. The molecule has 0 unspecified atom stereocenters. The molecule has 5 rings (SSSR count). The van der Waals surface area contributed by atoms with Crippen LogP contribution in [0.5, 0.6) is 5.75 Å². The lowest BCUT2D eigenvalue weighted by Gasteiger charge is -2.42. The molecule has 2 aliphatic carbocycles. The third kappa shape index (κ3) is 3.75. The molecule has 3 aromatic rings. The SMILES string of the molecule is NC1(CC2(c3ccccc3)CCC(Oc3cc4cc[nH]c(=O)c4cc3Cl)CC2)CC1. The van der Waals surface area contributed by atoms with Gasteiger partial charge >= 0.3 is 0 Å². The van der Waals surface area contributed by atoms with Gasteiger partial charge < -0.3 is 15.5 Å². The second-order valence-corrected chi connectivity index (χ2v) is 9.59. The average molecular weight is 423 g/mol. The van der Waals surface area contributed by atoms with Gasteiger partial charge in [-0.25, -0.2) is 0 Å². The Hall–Kier alpha value is -2.30. The summed E-state index contributed by atoms with van der Waals surface area (Å²) in [6.07, 6.45) is 9.14. The highest BCUT2D eigenvalue weighted by Gasteiger charge is 2.48. The second-order valence-electron chi connectivity index (χ2n) is 9.18. The Balaban J connectivity index is 1.35. The van der Waals surface area contributed by atoms with Crippen LogP contribution in [0.1, 0.15) is 50.5 Å². The number of aromatic amines is 1. The van der Waals surface area contributed by atoms with Crippen LogP contribution in [0, 0.1) is 0 Å². The molecule has 1 heterocycles. The molecular weight excluding hydrogens is 396 g/mol. The van der Waals surface area contributed by atoms with Crippen LogP contribution in [-0.4, -0.2) is 16.6 Å². The molecule has 2 aromatic carbocycles. The second kappa shape index (κ2) is 7.44. The van der Waals surface area contributed by atoms with E-state index in [1.807, 2.05) is 12.1 Å². The van der Waals surface area contributed by atoms with Crippen LogP contribution in [-0.2, 0) is 5.41 Å². The molecule has 2 aliphatic rings. The Bertz CT molecular complexity index is 1110. The normalized spacial score (nSPS) is 25.2. The summed E-state index contributed by atoms with van der Waals surface area (Å²) < 4.78 is 6.33. The number of hydrogen-bond acceptors (Lipinski definition) is 3. The average Bonchev–Trinajstić information content (AvgIpc) is 3.48. The van der Waals surface area contributed by atoms with Crippen LogP contribution < -0.4 is 16.0 Å². The third-order valence-electron chi connectivity index (χ3n) is 6.98. The standard InChI is InChI=1S/C25H27ClN2O2/c26-21-15-20-17(8-13-28-23(20)29)14-22(21)30-19-6-9-24(10-7-19,16-25(27)11-12-25)18-4-2-1-3-5-18/h1-5,8,13-15,19H,6-7,9-12,16,27H2,(H,28,29). The molecule has 0 atom stereocenters. The minimum Gasteiger partial charge on any atom is -0.489 e. The van der Waals surface area contributed by atoms with Gasteiger partial charge in [0.1, 0.15) is 5.75 Å². The number of hydrogen-bond donors (Lipinski definition) is 2. The number of aromatic nitrogens is 1. The Morgan fingerprint density at radius 1 is 1.07 bits per heavy atom. The minimum absolute atomic E-state index is 0.0121. The molecule has 156 valence electrons. The number of pyridine rings is 1. The molecule has 0 saturated heterocycles. The monoisotopic (exact) mass is 422 g/mol. The first-order chi connectivity index (χ1) is 14.5. The predicted molar refractivity (Wildman–Crippen MR) is 121 cm³/mol. The molecule has 0 spiro atoms. The Morgan fingerprint density at radius 2 is 1.80 bits per heavy atom. The van der Waals surface area contributed by atoms with E-state index in [0.717, 1.165) is 50.3 Å². The molecule has 2 saturated carbocycles. The fraction of sp³-hybridized carbons (Fsp3) is 0.400. The first-order valence-corrected chi connectivity index (χ1v) is 11.2. The summed E-state index contributed by atoms with van der Waals surface area (Å²) in [5.41, 5.74) is 7.98. The highest BCUT2D eigenvalue weighted by atomic mass is 35.5. The maximum Gasteiger partial charge on any atom is 0.255 e. The van der Waals surface area contributed by atoms with Gasteiger partial charge in [-0.3, -0.25) is 4.79 Å². The topological polar surface area (TPSA) is 68.1 Å². The van der Waals surface area contributed by atoms with Gasteiger partial charge in [0.25, 0.3) is 5.56 Å². The number of nitrogens with two attached hydrogens (primary N) is 1. The molecular formula is C25H27ClN2O2. The minimum atomic E-state index is -0.137. The van der Waals surface area contributed by atoms with E-state index >= 15 is 0 Å². The molecule has 30 heavy (non-hydrogen) atoms. The fourth-order valence-corrected chi connectivity index (χ4v) is 5.30. The van der Waals surface area contributed by atoms with E-state index in [4.69, 9.17) is 22.1 Å². The van der Waals surface area contributed by atoms with E-state index in [2.05, 4.69) is 35.3 Å². The van der Waals surface area contributed by atoms with Crippen molar-refractivity contribution >= 4 is 22.4 Å². The van der Waals surface area contributed by atoms with Crippen molar-refractivity contribution in [3.63, 3.8) is 0 Å². The van der Waals surface area contributed by atoms with Crippen LogP contribution in [0.15, 0.2) is 59.5 Å². The van der Waals surface area contributed by atoms with Crippen molar-refractivity contribution in [1.82, 2.24) is 4.98 Å². The van der Waals surface area contributed by atoms with Crippen LogP contribution in [0.4, 0.5) is 0 Å². The lowest BCUT2D eigenvalue weighted by atomic mass is 9.65. The van der Waals surface area contributed by atoms with Crippen molar-refractivity contribution < 1.29 is 4.74 Å². The summed E-state index contributed by atoms with van der Waals surface area (Å²) in [6.45, 7) is 0. The van der Waals surface area contributed by atoms with Crippen LogP contribution in [0.3, 0.4) is 0 Å². The predicted octanol–water partition coefficient (Wildman–Crippen LogP) is 5.32. The zero-order valence-corrected chi connectivity index (χ0v) is 17.8. The van der Waals surface area contributed by atoms with E-state index in [1.165, 1.54) is 5.56 Å². The maximum absolute atomic E-state index is 12.0. The van der Waals surface area contributed by atoms with E-state index in [0.29, 0.717) is 16.2 Å². The molecule has 0 amide bonds. The van der Waals surface area contributed by atoms with Crippen molar-refractivity contribution in [3.8, 4) is 5.75 Å². The number of benzene rings is 2. The van der Waals surface area contributed by atoms with Crippen molar-refractivity contribution in [3.05, 3.63) is 75.7 Å². The molecule has 0 aliphatic heterocycles. The maximum atomic E-state index is 12.0. The summed E-state index contributed by atoms with van der Waals surface area (Å²) in [5, 5.41) is 1.91. The lowest BCUT2D eigenvalue weighted by Crippen LogP contribution is -2.41. The van der Waals surface area contributed by atoms with E-state index < -0.39 is 0 Å². The van der Waals surface area contributed by atoms with Gasteiger partial charge in [-0.15, -0.1) is 0 Å². The molecule has 4 nitrogen and oxygen atoms in total. The smallest absolute Gasteiger partial charge is 0.255 e. The van der Waals surface area contributed by atoms with Crippen molar-refractivity contribution in [2.75, 3.05) is 0 Å². The van der Waals surface area contributed by atoms with Crippen molar-refractivity contribution in [2.45, 2.75) is 62.0 Å². The molecule has 3 N–H and O–H groups in total.